The van der Waals surface area contributed by atoms with Crippen LogP contribution in [-0.2, 0) is 15.6 Å². The third kappa shape index (κ3) is 4.74. The maximum Gasteiger partial charge on any atom is 0.310 e. The van der Waals surface area contributed by atoms with Gasteiger partial charge in [0.2, 0.25) is 0 Å². The third-order valence-electron chi connectivity index (χ3n) is 2.27. The highest BCUT2D eigenvalue weighted by Crippen LogP contribution is 2.18. The maximum atomic E-state index is 11.6. The zero-order valence-electron chi connectivity index (χ0n) is 9.37. The van der Waals surface area contributed by atoms with E-state index in [0.717, 1.165) is 6.42 Å². The first-order chi connectivity index (χ1) is 6.29. The highest BCUT2D eigenvalue weighted by atomic mass is 32.2. The molecule has 0 rings (SSSR count). The second-order valence-corrected chi connectivity index (χ2v) is 5.95. The normalized spacial score (nSPS) is 16.3. The number of aliphatic carboxylic acids is 1. The van der Waals surface area contributed by atoms with Gasteiger partial charge in [-0.2, -0.15) is 0 Å². The van der Waals surface area contributed by atoms with Gasteiger partial charge in [0.25, 0.3) is 0 Å². The van der Waals surface area contributed by atoms with Crippen LogP contribution >= 0.6 is 0 Å². The summed E-state index contributed by atoms with van der Waals surface area (Å²) in [6, 6.07) is 0. The van der Waals surface area contributed by atoms with Gasteiger partial charge in [0.1, 0.15) is 0 Å². The van der Waals surface area contributed by atoms with E-state index in [1.807, 2.05) is 13.8 Å². The Kier molecular flexibility index (Phi) is 5.34. The maximum absolute atomic E-state index is 11.6. The first-order valence-corrected chi connectivity index (χ1v) is 6.36. The summed E-state index contributed by atoms with van der Waals surface area (Å²) < 4.78 is 11.6. The van der Waals surface area contributed by atoms with E-state index in [1.165, 1.54) is 0 Å². The van der Waals surface area contributed by atoms with Crippen molar-refractivity contribution in [3.05, 3.63) is 0 Å². The fourth-order valence-corrected chi connectivity index (χ4v) is 2.87. The molecule has 1 N–H and O–H groups in total. The molecule has 0 aliphatic rings. The molecule has 0 aliphatic carbocycles. The lowest BCUT2D eigenvalue weighted by atomic mass is 9.97. The highest BCUT2D eigenvalue weighted by Gasteiger charge is 2.29. The lowest BCUT2D eigenvalue weighted by molar-refractivity contribution is -0.145. The third-order valence-corrected chi connectivity index (χ3v) is 4.25. The zero-order valence-corrected chi connectivity index (χ0v) is 10.2. The van der Waals surface area contributed by atoms with Crippen LogP contribution in [0.4, 0.5) is 0 Å². The zero-order chi connectivity index (χ0) is 11.4. The van der Waals surface area contributed by atoms with Gasteiger partial charge in [-0.25, -0.2) is 0 Å². The van der Waals surface area contributed by atoms with Crippen LogP contribution in [0.2, 0.25) is 0 Å². The molecule has 0 saturated carbocycles. The second-order valence-electron chi connectivity index (χ2n) is 4.45. The molecule has 0 saturated heterocycles. The summed E-state index contributed by atoms with van der Waals surface area (Å²) in [6.45, 7) is 7.31. The second kappa shape index (κ2) is 5.49. The van der Waals surface area contributed by atoms with Crippen molar-refractivity contribution in [2.45, 2.75) is 34.1 Å². The molecule has 84 valence electrons. The van der Waals surface area contributed by atoms with E-state index in [0.29, 0.717) is 11.7 Å². The molecule has 0 spiro atoms. The van der Waals surface area contributed by atoms with E-state index in [4.69, 9.17) is 5.11 Å². The molecule has 0 aromatic carbocycles. The van der Waals surface area contributed by atoms with Crippen LogP contribution in [0.15, 0.2) is 0 Å². The lowest BCUT2D eigenvalue weighted by Gasteiger charge is -2.19. The van der Waals surface area contributed by atoms with Crippen molar-refractivity contribution in [3.63, 3.8) is 0 Å². The van der Waals surface area contributed by atoms with Gasteiger partial charge < -0.3 is 5.11 Å². The Balaban J connectivity index is 4.12. The van der Waals surface area contributed by atoms with Crippen LogP contribution in [0.25, 0.3) is 0 Å². The van der Waals surface area contributed by atoms with E-state index in [1.54, 1.807) is 13.8 Å². The summed E-state index contributed by atoms with van der Waals surface area (Å²) in [6.07, 6.45) is 0.985. The Morgan fingerprint density at radius 2 is 2.00 bits per heavy atom. The first-order valence-electron chi connectivity index (χ1n) is 4.88. The van der Waals surface area contributed by atoms with Crippen LogP contribution in [0.5, 0.6) is 0 Å². The van der Waals surface area contributed by atoms with Crippen molar-refractivity contribution < 1.29 is 14.1 Å². The Labute approximate surface area is 88.4 Å². The molecular formula is C10H20O3S. The molecule has 3 nitrogen and oxygen atoms in total. The summed E-state index contributed by atoms with van der Waals surface area (Å²) in [5.74, 6) is 0.371. The molecule has 0 heterocycles. The Hall–Kier alpha value is -0.380. The number of rotatable bonds is 6. The molecule has 0 aromatic heterocycles. The molecule has 0 fully saturated rings. The van der Waals surface area contributed by atoms with Gasteiger partial charge in [-0.3, -0.25) is 9.00 Å². The monoisotopic (exact) mass is 220 g/mol. The quantitative estimate of drug-likeness (QED) is 0.743. The molecule has 0 aliphatic heterocycles. The fourth-order valence-electron chi connectivity index (χ4n) is 0.958. The minimum atomic E-state index is -1.02. The molecule has 2 unspecified atom stereocenters. The molecule has 4 heteroatoms. The van der Waals surface area contributed by atoms with Gasteiger partial charge in [0.05, 0.1) is 5.41 Å². The molecule has 0 radical (unpaired) electrons. The molecular weight excluding hydrogens is 200 g/mol. The number of carboxylic acid groups (broad SMARTS) is 1. The smallest absolute Gasteiger partial charge is 0.310 e. The standard InChI is InChI=1S/C10H20O3S/c1-5-8(2)6-14(13)7-10(3,4)9(11)12/h8H,5-7H2,1-4H3,(H,11,12). The predicted molar refractivity (Wildman–Crippen MR) is 58.7 cm³/mol. The summed E-state index contributed by atoms with van der Waals surface area (Å²) in [5, 5.41) is 8.85. The number of carbonyl (C=O) groups is 1. The van der Waals surface area contributed by atoms with Crippen LogP contribution in [0.1, 0.15) is 34.1 Å². The highest BCUT2D eigenvalue weighted by molar-refractivity contribution is 7.85. The predicted octanol–water partition coefficient (Wildman–Crippen LogP) is 1.89. The molecule has 0 amide bonds. The van der Waals surface area contributed by atoms with Crippen molar-refractivity contribution in [2.75, 3.05) is 11.5 Å². The van der Waals surface area contributed by atoms with Crippen LogP contribution in [0.3, 0.4) is 0 Å². The van der Waals surface area contributed by atoms with E-state index in [2.05, 4.69) is 0 Å². The van der Waals surface area contributed by atoms with Crippen molar-refractivity contribution in [1.29, 1.82) is 0 Å². The Bertz CT molecular complexity index is 223. The van der Waals surface area contributed by atoms with Gasteiger partial charge in [0, 0.05) is 22.3 Å². The molecule has 2 atom stereocenters. The summed E-state index contributed by atoms with van der Waals surface area (Å²) in [7, 11) is -1.02. The summed E-state index contributed by atoms with van der Waals surface area (Å²) in [5.41, 5.74) is -0.877. The van der Waals surface area contributed by atoms with Gasteiger partial charge in [-0.05, 0) is 19.8 Å². The molecule has 0 bridgehead atoms. The Morgan fingerprint density at radius 1 is 1.50 bits per heavy atom. The lowest BCUT2D eigenvalue weighted by Crippen LogP contribution is -2.31. The van der Waals surface area contributed by atoms with E-state index >= 15 is 0 Å². The molecule has 0 aromatic rings. The first kappa shape index (κ1) is 13.6. The van der Waals surface area contributed by atoms with E-state index < -0.39 is 22.2 Å². The number of hydrogen-bond donors (Lipinski definition) is 1. The van der Waals surface area contributed by atoms with Gasteiger partial charge >= 0.3 is 5.97 Å². The van der Waals surface area contributed by atoms with E-state index in [-0.39, 0.29) is 5.75 Å². The van der Waals surface area contributed by atoms with Crippen LogP contribution < -0.4 is 0 Å². The van der Waals surface area contributed by atoms with Crippen LogP contribution in [0, 0.1) is 11.3 Å². The average Bonchev–Trinajstić information content (AvgIpc) is 2.02. The van der Waals surface area contributed by atoms with Crippen molar-refractivity contribution >= 4 is 16.8 Å². The van der Waals surface area contributed by atoms with Crippen molar-refractivity contribution in [2.24, 2.45) is 11.3 Å². The largest absolute Gasteiger partial charge is 0.481 e. The SMILES string of the molecule is CCC(C)CS(=O)CC(C)(C)C(=O)O. The van der Waals surface area contributed by atoms with Crippen molar-refractivity contribution in [1.82, 2.24) is 0 Å². The van der Waals surface area contributed by atoms with Crippen LogP contribution in [-0.4, -0.2) is 26.8 Å². The van der Waals surface area contributed by atoms with Gasteiger partial charge in [-0.1, -0.05) is 20.3 Å². The number of carboxylic acids is 1. The minimum Gasteiger partial charge on any atom is -0.481 e. The van der Waals surface area contributed by atoms with Crippen molar-refractivity contribution in [3.8, 4) is 0 Å². The van der Waals surface area contributed by atoms with Gasteiger partial charge in [-0.15, -0.1) is 0 Å². The van der Waals surface area contributed by atoms with Gasteiger partial charge in [0.15, 0.2) is 0 Å². The summed E-state index contributed by atoms with van der Waals surface area (Å²) >= 11 is 0. The summed E-state index contributed by atoms with van der Waals surface area (Å²) in [4.78, 5) is 10.8. The average molecular weight is 220 g/mol. The van der Waals surface area contributed by atoms with E-state index in [9.17, 15) is 9.00 Å². The Morgan fingerprint density at radius 3 is 2.36 bits per heavy atom. The minimum absolute atomic E-state index is 0.243. The number of hydrogen-bond acceptors (Lipinski definition) is 2. The fraction of sp³-hybridized carbons (Fsp3) is 0.900. The topological polar surface area (TPSA) is 54.4 Å². The molecule has 14 heavy (non-hydrogen) atoms.